The predicted molar refractivity (Wildman–Crippen MR) is 88.3 cm³/mol. The van der Waals surface area contributed by atoms with E-state index >= 15 is 0 Å². The quantitative estimate of drug-likeness (QED) is 0.704. The van der Waals surface area contributed by atoms with Crippen molar-refractivity contribution in [2.75, 3.05) is 10.5 Å². The summed E-state index contributed by atoms with van der Waals surface area (Å²) >= 11 is 5.45. The Bertz CT molecular complexity index is 523. The van der Waals surface area contributed by atoms with Gasteiger partial charge in [-0.2, -0.15) is 0 Å². The molecule has 0 saturated heterocycles. The van der Waals surface area contributed by atoms with Gasteiger partial charge in [-0.15, -0.1) is 0 Å². The van der Waals surface area contributed by atoms with Gasteiger partial charge in [0.15, 0.2) is 0 Å². The second-order valence-corrected chi connectivity index (χ2v) is 9.28. The highest BCUT2D eigenvalue weighted by atomic mass is 127. The molecule has 0 atom stereocenters. The fraction of sp³-hybridized carbons (Fsp3) is 0.500. The highest BCUT2D eigenvalue weighted by Crippen LogP contribution is 2.25. The van der Waals surface area contributed by atoms with Crippen molar-refractivity contribution in [1.29, 1.82) is 0 Å². The van der Waals surface area contributed by atoms with Gasteiger partial charge >= 0.3 is 0 Å². The molecule has 0 unspecified atom stereocenters. The molecule has 1 aromatic carbocycles. The molecule has 102 valence electrons. The highest BCUT2D eigenvalue weighted by Gasteiger charge is 2.18. The van der Waals surface area contributed by atoms with E-state index < -0.39 is 10.0 Å². The first kappa shape index (κ1) is 16.2. The van der Waals surface area contributed by atoms with E-state index in [-0.39, 0.29) is 11.2 Å². The van der Waals surface area contributed by atoms with E-state index in [9.17, 15) is 8.42 Å². The normalized spacial score (nSPS) is 12.5. The number of hydrogen-bond acceptors (Lipinski definition) is 2. The zero-order valence-electron chi connectivity index (χ0n) is 10.6. The summed E-state index contributed by atoms with van der Waals surface area (Å²) in [7, 11) is -3.28. The zero-order chi connectivity index (χ0) is 14.0. The average Bonchev–Trinajstić information content (AvgIpc) is 2.20. The molecule has 6 heteroatoms. The molecule has 0 amide bonds. The Hall–Kier alpha value is 0.180. The Morgan fingerprint density at radius 1 is 1.33 bits per heavy atom. The molecule has 0 aliphatic carbocycles. The average molecular weight is 446 g/mol. The topological polar surface area (TPSA) is 46.2 Å². The monoisotopic (exact) mass is 445 g/mol. The molecule has 0 aliphatic heterocycles. The van der Waals surface area contributed by atoms with Crippen LogP contribution < -0.4 is 4.72 Å². The maximum atomic E-state index is 12.0. The van der Waals surface area contributed by atoms with E-state index in [2.05, 4.69) is 43.2 Å². The highest BCUT2D eigenvalue weighted by molar-refractivity contribution is 14.1. The van der Waals surface area contributed by atoms with Crippen molar-refractivity contribution in [2.24, 2.45) is 5.41 Å². The van der Waals surface area contributed by atoms with Crippen LogP contribution in [-0.4, -0.2) is 14.2 Å². The van der Waals surface area contributed by atoms with Crippen LogP contribution in [0.25, 0.3) is 0 Å². The zero-order valence-corrected chi connectivity index (χ0v) is 15.2. The Morgan fingerprint density at radius 2 is 1.94 bits per heavy atom. The Labute approximate surface area is 131 Å². The number of rotatable bonds is 4. The number of nitrogens with one attached hydrogen (secondary N) is 1. The first-order valence-electron chi connectivity index (χ1n) is 5.55. The van der Waals surface area contributed by atoms with Gasteiger partial charge in [0.1, 0.15) is 0 Å². The lowest BCUT2D eigenvalue weighted by Gasteiger charge is -2.18. The Balaban J connectivity index is 2.80. The molecule has 3 nitrogen and oxygen atoms in total. The van der Waals surface area contributed by atoms with Crippen LogP contribution >= 0.6 is 38.5 Å². The molecule has 0 heterocycles. The molecular formula is C12H17BrINO2S. The minimum absolute atomic E-state index is 0.0131. The lowest BCUT2D eigenvalue weighted by atomic mass is 9.94. The largest absolute Gasteiger partial charge is 0.282 e. The predicted octanol–water partition coefficient (Wildman–Crippen LogP) is 4.23. The number of anilines is 1. The third-order valence-electron chi connectivity index (χ3n) is 2.31. The Morgan fingerprint density at radius 3 is 2.50 bits per heavy atom. The molecule has 0 spiro atoms. The number of sulfonamides is 1. The summed E-state index contributed by atoms with van der Waals surface area (Å²) < 4.78 is 28.3. The first-order valence-corrected chi connectivity index (χ1v) is 9.07. The summed E-state index contributed by atoms with van der Waals surface area (Å²) in [5.41, 5.74) is 0.637. The van der Waals surface area contributed by atoms with Gasteiger partial charge < -0.3 is 0 Å². The maximum absolute atomic E-state index is 12.0. The summed E-state index contributed by atoms with van der Waals surface area (Å²) in [5, 5.41) is 0. The van der Waals surface area contributed by atoms with Gasteiger partial charge in [-0.3, -0.25) is 4.72 Å². The van der Waals surface area contributed by atoms with Crippen molar-refractivity contribution in [3.05, 3.63) is 26.2 Å². The van der Waals surface area contributed by atoms with Crippen LogP contribution in [-0.2, 0) is 10.0 Å². The van der Waals surface area contributed by atoms with Crippen molar-refractivity contribution in [3.63, 3.8) is 0 Å². The number of halogens is 2. The fourth-order valence-electron chi connectivity index (χ4n) is 1.23. The minimum atomic E-state index is -3.28. The lowest BCUT2D eigenvalue weighted by molar-refractivity contribution is 0.397. The molecule has 0 aromatic heterocycles. The summed E-state index contributed by atoms with van der Waals surface area (Å²) in [4.78, 5) is 0. The van der Waals surface area contributed by atoms with Gasteiger partial charge in [0, 0.05) is 8.04 Å². The standard InChI is InChI=1S/C12H17BrINO2S/c1-12(2,3)6-7-18(16,17)15-11-8-9(13)4-5-10(11)14/h4-5,8,15H,6-7H2,1-3H3. The van der Waals surface area contributed by atoms with Crippen LogP contribution in [0.3, 0.4) is 0 Å². The van der Waals surface area contributed by atoms with Crippen LogP contribution in [0, 0.1) is 8.99 Å². The van der Waals surface area contributed by atoms with E-state index in [4.69, 9.17) is 0 Å². The van der Waals surface area contributed by atoms with E-state index in [1.807, 2.05) is 32.9 Å². The molecule has 1 N–H and O–H groups in total. The van der Waals surface area contributed by atoms with Gasteiger partial charge in [-0.05, 0) is 52.6 Å². The SMILES string of the molecule is CC(C)(C)CCS(=O)(=O)Nc1cc(Br)ccc1I. The molecule has 0 radical (unpaired) electrons. The number of hydrogen-bond donors (Lipinski definition) is 1. The smallest absolute Gasteiger partial charge is 0.232 e. The van der Waals surface area contributed by atoms with E-state index in [0.29, 0.717) is 12.1 Å². The molecule has 1 rings (SSSR count). The summed E-state index contributed by atoms with van der Waals surface area (Å²) in [5.74, 6) is 0.138. The Kier molecular flexibility index (Phi) is 5.49. The lowest BCUT2D eigenvalue weighted by Crippen LogP contribution is -2.21. The first-order chi connectivity index (χ1) is 8.09. The fourth-order valence-corrected chi connectivity index (χ4v) is 3.74. The maximum Gasteiger partial charge on any atom is 0.232 e. The van der Waals surface area contributed by atoms with Crippen molar-refractivity contribution in [2.45, 2.75) is 27.2 Å². The molecule has 0 fully saturated rings. The third kappa shape index (κ3) is 5.88. The number of benzene rings is 1. The van der Waals surface area contributed by atoms with Gasteiger partial charge in [0.05, 0.1) is 11.4 Å². The van der Waals surface area contributed by atoms with Crippen LogP contribution in [0.1, 0.15) is 27.2 Å². The summed E-state index contributed by atoms with van der Waals surface area (Å²) in [6.07, 6.45) is 0.632. The van der Waals surface area contributed by atoms with E-state index in [0.717, 1.165) is 8.04 Å². The van der Waals surface area contributed by atoms with Gasteiger partial charge in [0.2, 0.25) is 10.0 Å². The summed E-state index contributed by atoms with van der Waals surface area (Å²) in [6.45, 7) is 6.10. The minimum Gasteiger partial charge on any atom is -0.282 e. The van der Waals surface area contributed by atoms with Gasteiger partial charge in [0.25, 0.3) is 0 Å². The van der Waals surface area contributed by atoms with Crippen LogP contribution in [0.2, 0.25) is 0 Å². The van der Waals surface area contributed by atoms with Crippen molar-refractivity contribution in [3.8, 4) is 0 Å². The molecule has 0 saturated carbocycles. The van der Waals surface area contributed by atoms with Crippen LogP contribution in [0.5, 0.6) is 0 Å². The van der Waals surface area contributed by atoms with E-state index in [1.54, 1.807) is 6.07 Å². The second-order valence-electron chi connectivity index (χ2n) is 5.36. The second kappa shape index (κ2) is 6.09. The van der Waals surface area contributed by atoms with Crippen molar-refractivity contribution >= 4 is 54.2 Å². The molecule has 0 bridgehead atoms. The molecular weight excluding hydrogens is 429 g/mol. The van der Waals surface area contributed by atoms with E-state index in [1.165, 1.54) is 0 Å². The summed E-state index contributed by atoms with van der Waals surface area (Å²) in [6, 6.07) is 5.53. The van der Waals surface area contributed by atoms with Crippen LogP contribution in [0.4, 0.5) is 5.69 Å². The van der Waals surface area contributed by atoms with Crippen molar-refractivity contribution < 1.29 is 8.42 Å². The van der Waals surface area contributed by atoms with Gasteiger partial charge in [-0.25, -0.2) is 8.42 Å². The third-order valence-corrected chi connectivity index (χ3v) is 5.02. The van der Waals surface area contributed by atoms with Crippen molar-refractivity contribution in [1.82, 2.24) is 0 Å². The van der Waals surface area contributed by atoms with Crippen LogP contribution in [0.15, 0.2) is 22.7 Å². The van der Waals surface area contributed by atoms with Gasteiger partial charge in [-0.1, -0.05) is 36.7 Å². The molecule has 0 aliphatic rings. The molecule has 18 heavy (non-hydrogen) atoms. The molecule has 1 aromatic rings.